The number of benzene rings is 1. The van der Waals surface area contributed by atoms with Gasteiger partial charge in [-0.05, 0) is 50.0 Å². The van der Waals surface area contributed by atoms with E-state index in [1.165, 1.54) is 6.92 Å². The zero-order valence-electron chi connectivity index (χ0n) is 12.0. The van der Waals surface area contributed by atoms with Crippen LogP contribution in [0.3, 0.4) is 0 Å². The second-order valence-corrected chi connectivity index (χ2v) is 5.32. The van der Waals surface area contributed by atoms with Gasteiger partial charge < -0.3 is 16.0 Å². The van der Waals surface area contributed by atoms with Crippen LogP contribution in [0.15, 0.2) is 18.2 Å². The second-order valence-electron chi connectivity index (χ2n) is 5.32. The molecule has 0 saturated carbocycles. The quantitative estimate of drug-likeness (QED) is 0.786. The summed E-state index contributed by atoms with van der Waals surface area (Å²) >= 11 is 0. The first-order chi connectivity index (χ1) is 9.54. The summed E-state index contributed by atoms with van der Waals surface area (Å²) in [4.78, 5) is 23.1. The van der Waals surface area contributed by atoms with Crippen LogP contribution >= 0.6 is 0 Å². The molecule has 2 amide bonds. The predicted molar refractivity (Wildman–Crippen MR) is 79.7 cm³/mol. The van der Waals surface area contributed by atoms with Crippen LogP contribution in [0.1, 0.15) is 25.3 Å². The van der Waals surface area contributed by atoms with Gasteiger partial charge in [-0.3, -0.25) is 9.59 Å². The Balaban J connectivity index is 1.97. The highest BCUT2D eigenvalue weighted by Crippen LogP contribution is 2.21. The fourth-order valence-electron chi connectivity index (χ4n) is 2.39. The summed E-state index contributed by atoms with van der Waals surface area (Å²) in [5.41, 5.74) is 2.42. The summed E-state index contributed by atoms with van der Waals surface area (Å²) in [6, 6.07) is 5.53. The fourth-order valence-corrected chi connectivity index (χ4v) is 2.39. The lowest BCUT2D eigenvalue weighted by Crippen LogP contribution is -2.18. The third-order valence-corrected chi connectivity index (χ3v) is 3.47. The Labute approximate surface area is 119 Å². The van der Waals surface area contributed by atoms with E-state index < -0.39 is 0 Å². The molecule has 1 atom stereocenters. The van der Waals surface area contributed by atoms with Crippen molar-refractivity contribution >= 4 is 23.2 Å². The van der Waals surface area contributed by atoms with Crippen molar-refractivity contribution in [3.63, 3.8) is 0 Å². The highest BCUT2D eigenvalue weighted by Gasteiger charge is 2.18. The molecule has 5 nitrogen and oxygen atoms in total. The standard InChI is InChI=1S/C15H21N3O2/c1-10-3-4-13(8-14(10)17-11(2)19)18-15(20)7-12-5-6-16-9-12/h3-4,8,12,16H,5-7,9H2,1-2H3,(H,17,19)(H,18,20). The third kappa shape index (κ3) is 4.06. The molecular formula is C15H21N3O2. The molecule has 1 aliphatic rings. The van der Waals surface area contributed by atoms with E-state index in [2.05, 4.69) is 16.0 Å². The van der Waals surface area contributed by atoms with Gasteiger partial charge in [0.2, 0.25) is 11.8 Å². The minimum atomic E-state index is -0.117. The summed E-state index contributed by atoms with van der Waals surface area (Å²) < 4.78 is 0. The van der Waals surface area contributed by atoms with Crippen LogP contribution in [0, 0.1) is 12.8 Å². The number of carbonyl (C=O) groups is 2. The van der Waals surface area contributed by atoms with Gasteiger partial charge in [-0.15, -0.1) is 0 Å². The van der Waals surface area contributed by atoms with Gasteiger partial charge in [0.1, 0.15) is 0 Å². The second kappa shape index (κ2) is 6.52. The number of aryl methyl sites for hydroxylation is 1. The van der Waals surface area contributed by atoms with Gasteiger partial charge in [0.15, 0.2) is 0 Å². The Kier molecular flexibility index (Phi) is 4.74. The summed E-state index contributed by atoms with van der Waals surface area (Å²) in [7, 11) is 0. The molecule has 1 saturated heterocycles. The van der Waals surface area contributed by atoms with E-state index in [0.717, 1.165) is 36.4 Å². The molecule has 2 rings (SSSR count). The number of rotatable bonds is 4. The Bertz CT molecular complexity index is 508. The first-order valence-corrected chi connectivity index (χ1v) is 6.93. The van der Waals surface area contributed by atoms with E-state index in [-0.39, 0.29) is 11.8 Å². The molecule has 1 unspecified atom stereocenters. The molecule has 20 heavy (non-hydrogen) atoms. The lowest BCUT2D eigenvalue weighted by molar-refractivity contribution is -0.117. The van der Waals surface area contributed by atoms with E-state index >= 15 is 0 Å². The largest absolute Gasteiger partial charge is 0.326 e. The molecule has 0 bridgehead atoms. The van der Waals surface area contributed by atoms with Gasteiger partial charge in [0, 0.05) is 24.7 Å². The number of anilines is 2. The van der Waals surface area contributed by atoms with E-state index in [9.17, 15) is 9.59 Å². The first kappa shape index (κ1) is 14.5. The van der Waals surface area contributed by atoms with Crippen LogP contribution in [0.4, 0.5) is 11.4 Å². The highest BCUT2D eigenvalue weighted by molar-refractivity contribution is 5.94. The van der Waals surface area contributed by atoms with Crippen LogP contribution in [0.2, 0.25) is 0 Å². The zero-order valence-corrected chi connectivity index (χ0v) is 12.0. The Hall–Kier alpha value is -1.88. The van der Waals surface area contributed by atoms with Crippen molar-refractivity contribution in [3.05, 3.63) is 23.8 Å². The van der Waals surface area contributed by atoms with Crippen LogP contribution in [-0.4, -0.2) is 24.9 Å². The Morgan fingerprint density at radius 2 is 2.15 bits per heavy atom. The number of amides is 2. The molecule has 1 heterocycles. The average molecular weight is 275 g/mol. The molecule has 0 aromatic heterocycles. The number of hydrogen-bond donors (Lipinski definition) is 3. The van der Waals surface area contributed by atoms with Crippen molar-refractivity contribution in [3.8, 4) is 0 Å². The first-order valence-electron chi connectivity index (χ1n) is 6.93. The summed E-state index contributed by atoms with van der Waals surface area (Å²) in [5, 5.41) is 8.90. The van der Waals surface area contributed by atoms with Gasteiger partial charge in [-0.1, -0.05) is 6.07 Å². The van der Waals surface area contributed by atoms with Crippen LogP contribution in [-0.2, 0) is 9.59 Å². The highest BCUT2D eigenvalue weighted by atomic mass is 16.2. The lowest BCUT2D eigenvalue weighted by atomic mass is 10.0. The topological polar surface area (TPSA) is 70.2 Å². The molecular weight excluding hydrogens is 254 g/mol. The predicted octanol–water partition coefficient (Wildman–Crippen LogP) is 1.89. The van der Waals surface area contributed by atoms with Crippen molar-refractivity contribution in [2.45, 2.75) is 26.7 Å². The van der Waals surface area contributed by atoms with Crippen molar-refractivity contribution in [1.82, 2.24) is 5.32 Å². The molecule has 0 spiro atoms. The minimum Gasteiger partial charge on any atom is -0.326 e. The van der Waals surface area contributed by atoms with Crippen LogP contribution in [0.5, 0.6) is 0 Å². The van der Waals surface area contributed by atoms with Gasteiger partial charge in [-0.2, -0.15) is 0 Å². The normalized spacial score (nSPS) is 17.8. The van der Waals surface area contributed by atoms with Crippen molar-refractivity contribution in [2.75, 3.05) is 23.7 Å². The molecule has 0 aliphatic carbocycles. The van der Waals surface area contributed by atoms with Gasteiger partial charge >= 0.3 is 0 Å². The number of nitrogens with one attached hydrogen (secondary N) is 3. The van der Waals surface area contributed by atoms with Gasteiger partial charge in [-0.25, -0.2) is 0 Å². The maximum atomic E-state index is 12.0. The third-order valence-electron chi connectivity index (χ3n) is 3.47. The number of hydrogen-bond acceptors (Lipinski definition) is 3. The molecule has 1 aromatic rings. The summed E-state index contributed by atoms with van der Waals surface area (Å²) in [6.07, 6.45) is 1.59. The monoisotopic (exact) mass is 275 g/mol. The van der Waals surface area contributed by atoms with E-state index in [4.69, 9.17) is 0 Å². The van der Waals surface area contributed by atoms with Crippen molar-refractivity contribution in [1.29, 1.82) is 0 Å². The SMILES string of the molecule is CC(=O)Nc1cc(NC(=O)CC2CCNC2)ccc1C. The molecule has 3 N–H and O–H groups in total. The molecule has 108 valence electrons. The molecule has 1 fully saturated rings. The van der Waals surface area contributed by atoms with E-state index in [1.807, 2.05) is 19.1 Å². The van der Waals surface area contributed by atoms with Crippen molar-refractivity contribution < 1.29 is 9.59 Å². The Morgan fingerprint density at radius 1 is 1.35 bits per heavy atom. The molecule has 5 heteroatoms. The summed E-state index contributed by atoms with van der Waals surface area (Å²) in [5.74, 6) is 0.334. The maximum absolute atomic E-state index is 12.0. The molecule has 1 aromatic carbocycles. The number of carbonyl (C=O) groups excluding carboxylic acids is 2. The Morgan fingerprint density at radius 3 is 2.80 bits per heavy atom. The maximum Gasteiger partial charge on any atom is 0.224 e. The smallest absolute Gasteiger partial charge is 0.224 e. The summed E-state index contributed by atoms with van der Waals surface area (Å²) in [6.45, 7) is 5.30. The zero-order chi connectivity index (χ0) is 14.5. The molecule has 1 aliphatic heterocycles. The van der Waals surface area contributed by atoms with Crippen LogP contribution < -0.4 is 16.0 Å². The van der Waals surface area contributed by atoms with Crippen molar-refractivity contribution in [2.24, 2.45) is 5.92 Å². The van der Waals surface area contributed by atoms with E-state index in [1.54, 1.807) is 6.07 Å². The minimum absolute atomic E-state index is 0.0244. The lowest BCUT2D eigenvalue weighted by Gasteiger charge is -2.12. The van der Waals surface area contributed by atoms with Crippen LogP contribution in [0.25, 0.3) is 0 Å². The fraction of sp³-hybridized carbons (Fsp3) is 0.467. The van der Waals surface area contributed by atoms with E-state index in [0.29, 0.717) is 12.3 Å². The average Bonchev–Trinajstić information content (AvgIpc) is 2.85. The van der Waals surface area contributed by atoms with Gasteiger partial charge in [0.05, 0.1) is 0 Å². The van der Waals surface area contributed by atoms with Gasteiger partial charge in [0.25, 0.3) is 0 Å². The molecule has 0 radical (unpaired) electrons.